The molecule has 0 aromatic carbocycles. The largest absolute Gasteiger partial charge is 0.298 e. The predicted octanol–water partition coefficient (Wildman–Crippen LogP) is 2.94. The van der Waals surface area contributed by atoms with E-state index in [4.69, 9.17) is 0 Å². The molecule has 0 saturated carbocycles. The van der Waals surface area contributed by atoms with E-state index in [1.807, 2.05) is 6.08 Å². The normalized spacial score (nSPS) is 10.3. The van der Waals surface area contributed by atoms with Gasteiger partial charge in [0.05, 0.1) is 8.07 Å². The maximum Gasteiger partial charge on any atom is 0.149 e. The van der Waals surface area contributed by atoms with Gasteiger partial charge in [-0.2, -0.15) is 0 Å². The van der Waals surface area contributed by atoms with Crippen LogP contribution in [-0.4, -0.2) is 14.4 Å². The van der Waals surface area contributed by atoms with Crippen molar-refractivity contribution in [3.63, 3.8) is 0 Å². The Hall–Kier alpha value is -0.593. The SMILES string of the molecule is CCCC=C=C(C=O)[Si](C)(C)C. The first-order chi connectivity index (χ1) is 5.52. The van der Waals surface area contributed by atoms with Gasteiger partial charge in [0.15, 0.2) is 0 Å². The number of carbonyl (C=O) groups excluding carboxylic acids is 1. The molecule has 0 aliphatic heterocycles. The molecule has 0 spiro atoms. The van der Waals surface area contributed by atoms with Crippen LogP contribution in [0.2, 0.25) is 19.6 Å². The highest BCUT2D eigenvalue weighted by Gasteiger charge is 2.18. The van der Waals surface area contributed by atoms with Crippen molar-refractivity contribution in [2.75, 3.05) is 0 Å². The summed E-state index contributed by atoms with van der Waals surface area (Å²) in [5, 5.41) is 0.885. The summed E-state index contributed by atoms with van der Waals surface area (Å²) in [6.45, 7) is 8.59. The second-order valence-corrected chi connectivity index (χ2v) is 8.96. The van der Waals surface area contributed by atoms with E-state index in [0.29, 0.717) is 0 Å². The molecule has 0 heterocycles. The van der Waals surface area contributed by atoms with E-state index in [9.17, 15) is 4.79 Å². The average Bonchev–Trinajstić information content (AvgIpc) is 1.95. The zero-order valence-electron chi connectivity index (χ0n) is 8.48. The summed E-state index contributed by atoms with van der Waals surface area (Å²) in [6, 6.07) is 0. The number of carbonyl (C=O) groups is 1. The summed E-state index contributed by atoms with van der Waals surface area (Å²) in [6.07, 6.45) is 5.06. The highest BCUT2D eigenvalue weighted by molar-refractivity contribution is 6.86. The van der Waals surface area contributed by atoms with Crippen LogP contribution in [0.4, 0.5) is 0 Å². The van der Waals surface area contributed by atoms with E-state index in [-0.39, 0.29) is 0 Å². The van der Waals surface area contributed by atoms with Gasteiger partial charge in [0, 0.05) is 5.20 Å². The minimum Gasteiger partial charge on any atom is -0.298 e. The van der Waals surface area contributed by atoms with Crippen molar-refractivity contribution >= 4 is 14.4 Å². The van der Waals surface area contributed by atoms with Gasteiger partial charge >= 0.3 is 0 Å². The van der Waals surface area contributed by atoms with E-state index in [2.05, 4.69) is 32.3 Å². The highest BCUT2D eigenvalue weighted by Crippen LogP contribution is 2.10. The van der Waals surface area contributed by atoms with Crippen LogP contribution in [0.25, 0.3) is 0 Å². The fourth-order valence-electron chi connectivity index (χ4n) is 0.754. The number of allylic oxidation sites excluding steroid dienone is 1. The van der Waals surface area contributed by atoms with E-state index in [1.165, 1.54) is 0 Å². The van der Waals surface area contributed by atoms with Crippen LogP contribution in [0.1, 0.15) is 19.8 Å². The molecule has 0 amide bonds. The van der Waals surface area contributed by atoms with Crippen LogP contribution in [0, 0.1) is 0 Å². The fourth-order valence-corrected chi connectivity index (χ4v) is 1.64. The molecule has 68 valence electrons. The Morgan fingerprint density at radius 2 is 2.00 bits per heavy atom. The number of hydrogen-bond acceptors (Lipinski definition) is 1. The number of hydrogen-bond donors (Lipinski definition) is 0. The molecule has 0 saturated heterocycles. The Morgan fingerprint density at radius 3 is 2.33 bits per heavy atom. The number of rotatable bonds is 4. The lowest BCUT2D eigenvalue weighted by molar-refractivity contribution is -0.104. The van der Waals surface area contributed by atoms with Crippen molar-refractivity contribution in [1.82, 2.24) is 0 Å². The molecular weight excluding hydrogens is 164 g/mol. The third-order valence-corrected chi connectivity index (χ3v) is 3.49. The van der Waals surface area contributed by atoms with Crippen LogP contribution in [0.15, 0.2) is 17.0 Å². The fraction of sp³-hybridized carbons (Fsp3) is 0.600. The lowest BCUT2D eigenvalue weighted by Gasteiger charge is -2.12. The van der Waals surface area contributed by atoms with Crippen LogP contribution in [0.3, 0.4) is 0 Å². The summed E-state index contributed by atoms with van der Waals surface area (Å²) in [5.41, 5.74) is 3.10. The molecule has 2 heteroatoms. The first-order valence-corrected chi connectivity index (χ1v) is 7.93. The standard InChI is InChI=1S/C10H18OSi/c1-5-6-7-8-10(9-11)12(2,3)4/h7,9H,5-6H2,1-4H3. The summed E-state index contributed by atoms with van der Waals surface area (Å²) in [7, 11) is -1.43. The molecule has 0 atom stereocenters. The Labute approximate surface area is 76.2 Å². The van der Waals surface area contributed by atoms with Crippen molar-refractivity contribution in [3.05, 3.63) is 17.0 Å². The zero-order valence-corrected chi connectivity index (χ0v) is 9.48. The van der Waals surface area contributed by atoms with Crippen molar-refractivity contribution in [1.29, 1.82) is 0 Å². The second kappa shape index (κ2) is 5.12. The zero-order chi connectivity index (χ0) is 9.61. The van der Waals surface area contributed by atoms with Gasteiger partial charge in [0.2, 0.25) is 0 Å². The molecule has 0 aromatic rings. The van der Waals surface area contributed by atoms with Gasteiger partial charge in [0.1, 0.15) is 6.29 Å². The number of unbranched alkanes of at least 4 members (excludes halogenated alkanes) is 1. The van der Waals surface area contributed by atoms with Gasteiger partial charge in [-0.15, -0.1) is 5.73 Å². The van der Waals surface area contributed by atoms with Gasteiger partial charge in [0.25, 0.3) is 0 Å². The Morgan fingerprint density at radius 1 is 1.42 bits per heavy atom. The van der Waals surface area contributed by atoms with Crippen molar-refractivity contribution in [2.45, 2.75) is 39.4 Å². The van der Waals surface area contributed by atoms with Crippen LogP contribution in [0.5, 0.6) is 0 Å². The summed E-state index contributed by atoms with van der Waals surface area (Å²) >= 11 is 0. The average molecular weight is 182 g/mol. The van der Waals surface area contributed by atoms with E-state index < -0.39 is 8.07 Å². The molecule has 0 N–H and O–H groups in total. The Bertz CT molecular complexity index is 204. The minimum absolute atomic E-state index is 0.885. The predicted molar refractivity (Wildman–Crippen MR) is 55.9 cm³/mol. The Kier molecular flexibility index (Phi) is 4.87. The third-order valence-electron chi connectivity index (χ3n) is 1.62. The minimum atomic E-state index is -1.43. The molecule has 0 rings (SSSR count). The molecule has 0 aromatic heterocycles. The maximum absolute atomic E-state index is 10.7. The highest BCUT2D eigenvalue weighted by atomic mass is 28.3. The molecule has 0 radical (unpaired) electrons. The van der Waals surface area contributed by atoms with E-state index in [1.54, 1.807) is 0 Å². The quantitative estimate of drug-likeness (QED) is 0.283. The molecular formula is C10H18OSi. The lowest BCUT2D eigenvalue weighted by atomic mass is 10.3. The van der Waals surface area contributed by atoms with Gasteiger partial charge in [-0.05, 0) is 12.5 Å². The van der Waals surface area contributed by atoms with Crippen LogP contribution >= 0.6 is 0 Å². The first-order valence-electron chi connectivity index (χ1n) is 4.43. The molecule has 1 nitrogen and oxygen atoms in total. The second-order valence-electron chi connectivity index (χ2n) is 3.92. The number of aldehydes is 1. The maximum atomic E-state index is 10.7. The van der Waals surface area contributed by atoms with Crippen LogP contribution in [-0.2, 0) is 4.79 Å². The van der Waals surface area contributed by atoms with Crippen molar-refractivity contribution in [2.24, 2.45) is 0 Å². The van der Waals surface area contributed by atoms with E-state index >= 15 is 0 Å². The van der Waals surface area contributed by atoms with Crippen molar-refractivity contribution in [3.8, 4) is 0 Å². The van der Waals surface area contributed by atoms with Gasteiger partial charge in [-0.25, -0.2) is 0 Å². The summed E-state index contributed by atoms with van der Waals surface area (Å²) in [5.74, 6) is 0. The monoisotopic (exact) mass is 182 g/mol. The van der Waals surface area contributed by atoms with Crippen molar-refractivity contribution < 1.29 is 4.79 Å². The van der Waals surface area contributed by atoms with E-state index in [0.717, 1.165) is 24.3 Å². The molecule has 0 aliphatic carbocycles. The Balaban J connectivity index is 4.55. The topological polar surface area (TPSA) is 17.1 Å². The van der Waals surface area contributed by atoms with Gasteiger partial charge in [-0.3, -0.25) is 4.79 Å². The third kappa shape index (κ3) is 4.32. The molecule has 12 heavy (non-hydrogen) atoms. The van der Waals surface area contributed by atoms with Gasteiger partial charge < -0.3 is 0 Å². The van der Waals surface area contributed by atoms with Gasteiger partial charge in [-0.1, -0.05) is 33.0 Å². The first kappa shape index (κ1) is 11.4. The molecule has 0 fully saturated rings. The summed E-state index contributed by atoms with van der Waals surface area (Å²) < 4.78 is 0. The van der Waals surface area contributed by atoms with Crippen LogP contribution < -0.4 is 0 Å². The molecule has 0 aliphatic rings. The smallest absolute Gasteiger partial charge is 0.149 e. The summed E-state index contributed by atoms with van der Waals surface area (Å²) in [4.78, 5) is 10.7. The lowest BCUT2D eigenvalue weighted by Crippen LogP contribution is -2.24. The molecule has 0 bridgehead atoms. The molecule has 0 unspecified atom stereocenters.